The van der Waals surface area contributed by atoms with Gasteiger partial charge in [-0.1, -0.05) is 140 Å². The van der Waals surface area contributed by atoms with Crippen LogP contribution in [0.3, 0.4) is 0 Å². The first kappa shape index (κ1) is 42.3. The molecule has 8 rings (SSSR count). The lowest BCUT2D eigenvalue weighted by atomic mass is 9.97. The highest BCUT2D eigenvalue weighted by Gasteiger charge is 2.58. The van der Waals surface area contributed by atoms with E-state index in [1.54, 1.807) is 25.1 Å². The molecule has 0 bridgehead atoms. The summed E-state index contributed by atoms with van der Waals surface area (Å²) >= 11 is 0. The van der Waals surface area contributed by atoms with Gasteiger partial charge in [0.25, 0.3) is 0 Å². The molecule has 12 nitrogen and oxygen atoms in total. The standard InChI is InChI=1S/C47H50O12S/c1-31-17-15-16-26-37(31)60(49,50)44(48)41-40(53-28-33-20-9-4-10-21-33)42(54-29-34-22-11-5-12-23-34)47(58-41)59-43-39(52-27-32-18-7-3-8-19-32)38-36(56-46(43)51-2)30-55-45(57-38)35-24-13-6-14-25-35/h3-26,36,38-48H,27-30H2,1-2H3/t36-,38-,39+,40+,41+,42-,43+,44?,45?,46+,47-/m1/s1. The van der Waals surface area contributed by atoms with E-state index in [1.807, 2.05) is 121 Å². The molecule has 5 aromatic carbocycles. The van der Waals surface area contributed by atoms with Gasteiger partial charge in [-0.25, -0.2) is 8.42 Å². The largest absolute Gasteiger partial charge is 0.375 e. The topological polar surface area (TPSA) is 137 Å². The number of rotatable bonds is 16. The Morgan fingerprint density at radius 2 is 1.13 bits per heavy atom. The fourth-order valence-electron chi connectivity index (χ4n) is 7.84. The molecule has 0 amide bonds. The van der Waals surface area contributed by atoms with Crippen molar-refractivity contribution < 1.29 is 56.2 Å². The molecule has 0 aliphatic carbocycles. The second-order valence-electron chi connectivity index (χ2n) is 15.0. The van der Waals surface area contributed by atoms with Crippen LogP contribution in [-0.2, 0) is 72.3 Å². The van der Waals surface area contributed by atoms with Gasteiger partial charge in [-0.2, -0.15) is 0 Å². The lowest BCUT2D eigenvalue weighted by Crippen LogP contribution is -2.64. The summed E-state index contributed by atoms with van der Waals surface area (Å²) in [7, 11) is -2.90. The summed E-state index contributed by atoms with van der Waals surface area (Å²) < 4.78 is 87.1. The molecule has 5 aromatic rings. The minimum atomic E-state index is -4.40. The molecule has 316 valence electrons. The van der Waals surface area contributed by atoms with Gasteiger partial charge in [0.2, 0.25) is 9.84 Å². The normalized spacial score (nSPS) is 28.5. The average molecular weight is 839 g/mol. The Hall–Kier alpha value is -4.35. The van der Waals surface area contributed by atoms with Crippen LogP contribution < -0.4 is 0 Å². The van der Waals surface area contributed by atoms with Crippen molar-refractivity contribution in [1.82, 2.24) is 0 Å². The molecule has 0 aromatic heterocycles. The van der Waals surface area contributed by atoms with Crippen LogP contribution in [0, 0.1) is 6.92 Å². The number of aliphatic hydroxyl groups excluding tert-OH is 1. The number of fused-ring (bicyclic) bond motifs is 1. The fraction of sp³-hybridized carbons (Fsp3) is 0.362. The third kappa shape index (κ3) is 9.57. The summed E-state index contributed by atoms with van der Waals surface area (Å²) in [4.78, 5) is -0.0285. The van der Waals surface area contributed by atoms with Gasteiger partial charge >= 0.3 is 0 Å². The predicted octanol–water partition coefficient (Wildman–Crippen LogP) is 6.44. The number of hydrogen-bond acceptors (Lipinski definition) is 12. The zero-order chi connectivity index (χ0) is 41.5. The predicted molar refractivity (Wildman–Crippen MR) is 219 cm³/mol. The summed E-state index contributed by atoms with van der Waals surface area (Å²) in [6.07, 6.45) is -9.89. The number of hydrogen-bond donors (Lipinski definition) is 1. The van der Waals surface area contributed by atoms with Gasteiger partial charge in [-0.3, -0.25) is 0 Å². The zero-order valence-electron chi connectivity index (χ0n) is 33.4. The molecular weight excluding hydrogens is 789 g/mol. The second kappa shape index (κ2) is 19.6. The summed E-state index contributed by atoms with van der Waals surface area (Å²) in [5.74, 6) is 0. The summed E-state index contributed by atoms with van der Waals surface area (Å²) in [5, 5.41) is 12.0. The summed E-state index contributed by atoms with van der Waals surface area (Å²) in [6.45, 7) is 2.22. The monoisotopic (exact) mass is 838 g/mol. The summed E-state index contributed by atoms with van der Waals surface area (Å²) in [6, 6.07) is 44.7. The fourth-order valence-corrected chi connectivity index (χ4v) is 9.46. The summed E-state index contributed by atoms with van der Waals surface area (Å²) in [5.41, 5.74) is 1.81. The maximum Gasteiger partial charge on any atom is 0.207 e. The quantitative estimate of drug-likeness (QED) is 0.117. The van der Waals surface area contributed by atoms with E-state index < -0.39 is 76.9 Å². The van der Waals surface area contributed by atoms with Gasteiger partial charge in [0.05, 0.1) is 31.3 Å². The van der Waals surface area contributed by atoms with Crippen molar-refractivity contribution in [3.8, 4) is 0 Å². The van der Waals surface area contributed by atoms with Crippen molar-refractivity contribution >= 4 is 9.84 Å². The molecule has 11 atom stereocenters. The van der Waals surface area contributed by atoms with Crippen molar-refractivity contribution in [3.63, 3.8) is 0 Å². The third-order valence-electron chi connectivity index (χ3n) is 10.9. The lowest BCUT2D eigenvalue weighted by Gasteiger charge is -2.49. The van der Waals surface area contributed by atoms with Gasteiger partial charge in [-0.15, -0.1) is 0 Å². The van der Waals surface area contributed by atoms with Crippen molar-refractivity contribution in [2.75, 3.05) is 13.7 Å². The van der Waals surface area contributed by atoms with E-state index in [9.17, 15) is 13.5 Å². The number of aryl methyl sites for hydroxylation is 1. The van der Waals surface area contributed by atoms with E-state index in [4.69, 9.17) is 42.6 Å². The van der Waals surface area contributed by atoms with Crippen LogP contribution in [0.25, 0.3) is 0 Å². The SMILES string of the molecule is CO[C@H]1O[C@@H]2COC(c3ccccc3)O[C@H]2[C@H](OCc2ccccc2)[C@@H]1O[C@H]1O[C@H](C(O)S(=O)(=O)c2ccccc2C)[C@H](OCc2ccccc2)[C@H]1OCc1ccccc1. The van der Waals surface area contributed by atoms with Crippen LogP contribution in [0.2, 0.25) is 0 Å². The first-order chi connectivity index (χ1) is 29.3. The molecule has 0 spiro atoms. The van der Waals surface area contributed by atoms with Gasteiger partial charge in [-0.05, 0) is 35.2 Å². The molecule has 0 saturated carbocycles. The molecule has 60 heavy (non-hydrogen) atoms. The third-order valence-corrected chi connectivity index (χ3v) is 12.9. The van der Waals surface area contributed by atoms with Crippen molar-refractivity contribution in [2.24, 2.45) is 0 Å². The van der Waals surface area contributed by atoms with E-state index in [0.29, 0.717) is 5.56 Å². The highest BCUT2D eigenvalue weighted by Crippen LogP contribution is 2.40. The highest BCUT2D eigenvalue weighted by molar-refractivity contribution is 7.92. The van der Waals surface area contributed by atoms with E-state index >= 15 is 0 Å². The van der Waals surface area contributed by atoms with Gasteiger partial charge in [0, 0.05) is 12.7 Å². The van der Waals surface area contributed by atoms with E-state index in [-0.39, 0.29) is 31.3 Å². The van der Waals surface area contributed by atoms with Gasteiger partial charge < -0.3 is 47.7 Å². The smallest absolute Gasteiger partial charge is 0.207 e. The number of methoxy groups -OCH3 is 1. The first-order valence-corrected chi connectivity index (χ1v) is 21.6. The molecule has 0 radical (unpaired) electrons. The van der Waals surface area contributed by atoms with Crippen molar-refractivity contribution in [3.05, 3.63) is 173 Å². The molecular formula is C47H50O12S. The zero-order valence-corrected chi connectivity index (χ0v) is 34.2. The molecule has 3 saturated heterocycles. The molecule has 13 heteroatoms. The molecule has 3 aliphatic heterocycles. The van der Waals surface area contributed by atoms with E-state index in [2.05, 4.69) is 0 Å². The van der Waals surface area contributed by atoms with Crippen LogP contribution in [0.5, 0.6) is 0 Å². The van der Waals surface area contributed by atoms with E-state index in [1.165, 1.54) is 13.2 Å². The van der Waals surface area contributed by atoms with Gasteiger partial charge in [0.1, 0.15) is 42.7 Å². The minimum Gasteiger partial charge on any atom is -0.375 e. The van der Waals surface area contributed by atoms with E-state index in [0.717, 1.165) is 22.3 Å². The molecule has 2 unspecified atom stereocenters. The second-order valence-corrected chi connectivity index (χ2v) is 17.0. The number of aliphatic hydroxyl groups is 1. The maximum absolute atomic E-state index is 14.3. The molecule has 3 heterocycles. The van der Waals surface area contributed by atoms with Crippen LogP contribution in [0.4, 0.5) is 0 Å². The van der Waals surface area contributed by atoms with Crippen LogP contribution >= 0.6 is 0 Å². The lowest BCUT2D eigenvalue weighted by molar-refractivity contribution is -0.382. The van der Waals surface area contributed by atoms with Crippen molar-refractivity contribution in [1.29, 1.82) is 0 Å². The van der Waals surface area contributed by atoms with Gasteiger partial charge in [0.15, 0.2) is 24.3 Å². The Labute approximate surface area is 350 Å². The molecule has 1 N–H and O–H groups in total. The number of benzene rings is 5. The average Bonchev–Trinajstić information content (AvgIpc) is 3.63. The Bertz CT molecular complexity index is 2200. The number of ether oxygens (including phenoxy) is 9. The number of sulfone groups is 1. The molecule has 3 aliphatic rings. The van der Waals surface area contributed by atoms with Crippen LogP contribution in [0.15, 0.2) is 150 Å². The molecule has 3 fully saturated rings. The highest BCUT2D eigenvalue weighted by atomic mass is 32.2. The Morgan fingerprint density at radius 3 is 1.70 bits per heavy atom. The van der Waals surface area contributed by atoms with Crippen LogP contribution in [0.1, 0.15) is 34.1 Å². The first-order valence-electron chi connectivity index (χ1n) is 20.1. The Balaban J connectivity index is 1.16. The minimum absolute atomic E-state index is 0.0285. The maximum atomic E-state index is 14.3. The van der Waals surface area contributed by atoms with Crippen LogP contribution in [-0.4, -0.2) is 88.0 Å². The Morgan fingerprint density at radius 1 is 0.617 bits per heavy atom. The Kier molecular flexibility index (Phi) is 13.8. The van der Waals surface area contributed by atoms with Crippen molar-refractivity contribution in [2.45, 2.75) is 98.7 Å².